The van der Waals surface area contributed by atoms with Gasteiger partial charge in [-0.2, -0.15) is 0 Å². The Morgan fingerprint density at radius 1 is 1.26 bits per heavy atom. The smallest absolute Gasteiger partial charge is 0.317 e. The van der Waals surface area contributed by atoms with Crippen molar-refractivity contribution in [3.8, 4) is 0 Å². The average molecular weight is 270 g/mol. The predicted octanol–water partition coefficient (Wildman–Crippen LogP) is 2.46. The third-order valence-corrected chi connectivity index (χ3v) is 4.29. The van der Waals surface area contributed by atoms with E-state index in [1.807, 2.05) is 0 Å². The summed E-state index contributed by atoms with van der Waals surface area (Å²) in [5, 5.41) is 11.6. The van der Waals surface area contributed by atoms with E-state index in [-0.39, 0.29) is 24.4 Å². The van der Waals surface area contributed by atoms with Crippen LogP contribution in [0.2, 0.25) is 0 Å². The van der Waals surface area contributed by atoms with E-state index < -0.39 is 5.97 Å². The predicted molar refractivity (Wildman–Crippen MR) is 74.1 cm³/mol. The SMILES string of the molecule is CCC1(CNC(=O)N(C)CCC(=O)O)CCCCC1. The summed E-state index contributed by atoms with van der Waals surface area (Å²) in [7, 11) is 1.64. The van der Waals surface area contributed by atoms with Crippen LogP contribution in [0.5, 0.6) is 0 Å². The Hall–Kier alpha value is -1.26. The maximum Gasteiger partial charge on any atom is 0.317 e. The lowest BCUT2D eigenvalue weighted by atomic mass is 9.72. The zero-order chi connectivity index (χ0) is 14.3. The molecule has 0 saturated heterocycles. The average Bonchev–Trinajstić information content (AvgIpc) is 2.43. The van der Waals surface area contributed by atoms with Crippen LogP contribution >= 0.6 is 0 Å². The zero-order valence-electron chi connectivity index (χ0n) is 12.1. The van der Waals surface area contributed by atoms with Gasteiger partial charge in [0, 0.05) is 20.1 Å². The molecule has 1 fully saturated rings. The maximum atomic E-state index is 11.9. The number of rotatable bonds is 6. The summed E-state index contributed by atoms with van der Waals surface area (Å²) < 4.78 is 0. The van der Waals surface area contributed by atoms with Crippen molar-refractivity contribution in [2.45, 2.75) is 51.9 Å². The van der Waals surface area contributed by atoms with Gasteiger partial charge in [0.15, 0.2) is 0 Å². The molecular formula is C14H26N2O3. The minimum Gasteiger partial charge on any atom is -0.481 e. The molecule has 5 heteroatoms. The van der Waals surface area contributed by atoms with E-state index in [1.54, 1.807) is 7.05 Å². The van der Waals surface area contributed by atoms with Crippen LogP contribution in [-0.2, 0) is 4.79 Å². The number of carboxylic acids is 1. The monoisotopic (exact) mass is 270 g/mol. The third kappa shape index (κ3) is 5.09. The molecule has 0 spiro atoms. The number of carboxylic acid groups (broad SMARTS) is 1. The molecule has 1 saturated carbocycles. The molecule has 19 heavy (non-hydrogen) atoms. The summed E-state index contributed by atoms with van der Waals surface area (Å²) in [6.07, 6.45) is 7.24. The highest BCUT2D eigenvalue weighted by Crippen LogP contribution is 2.38. The van der Waals surface area contributed by atoms with E-state index in [0.717, 1.165) is 6.42 Å². The zero-order valence-corrected chi connectivity index (χ0v) is 12.1. The number of carbonyl (C=O) groups is 2. The quantitative estimate of drug-likeness (QED) is 0.779. The third-order valence-electron chi connectivity index (χ3n) is 4.29. The van der Waals surface area contributed by atoms with Crippen LogP contribution < -0.4 is 5.32 Å². The van der Waals surface area contributed by atoms with Gasteiger partial charge in [0.25, 0.3) is 0 Å². The first-order valence-electron chi connectivity index (χ1n) is 7.20. The molecular weight excluding hydrogens is 244 g/mol. The maximum absolute atomic E-state index is 11.9. The number of hydrogen-bond donors (Lipinski definition) is 2. The van der Waals surface area contributed by atoms with E-state index in [9.17, 15) is 9.59 Å². The van der Waals surface area contributed by atoms with Gasteiger partial charge >= 0.3 is 12.0 Å². The van der Waals surface area contributed by atoms with E-state index >= 15 is 0 Å². The van der Waals surface area contributed by atoms with E-state index in [1.165, 1.54) is 37.0 Å². The summed E-state index contributed by atoms with van der Waals surface area (Å²) in [5.74, 6) is -0.878. The first-order valence-corrected chi connectivity index (χ1v) is 7.20. The van der Waals surface area contributed by atoms with Crippen LogP contribution in [0.1, 0.15) is 51.9 Å². The number of aliphatic carboxylic acids is 1. The lowest BCUT2D eigenvalue weighted by Gasteiger charge is -2.37. The fraction of sp³-hybridized carbons (Fsp3) is 0.857. The Balaban J connectivity index is 2.37. The van der Waals surface area contributed by atoms with E-state index in [4.69, 9.17) is 5.11 Å². The molecule has 0 bridgehead atoms. The fourth-order valence-electron chi connectivity index (χ4n) is 2.72. The van der Waals surface area contributed by atoms with Gasteiger partial charge in [0.05, 0.1) is 6.42 Å². The van der Waals surface area contributed by atoms with Gasteiger partial charge in [0.1, 0.15) is 0 Å². The summed E-state index contributed by atoms with van der Waals surface area (Å²) in [5.41, 5.74) is 0.252. The van der Waals surface area contributed by atoms with Gasteiger partial charge < -0.3 is 15.3 Å². The van der Waals surface area contributed by atoms with Crippen molar-refractivity contribution < 1.29 is 14.7 Å². The van der Waals surface area contributed by atoms with Gasteiger partial charge in [-0.25, -0.2) is 4.79 Å². The Kier molecular flexibility index (Phi) is 6.12. The molecule has 0 radical (unpaired) electrons. The molecule has 2 N–H and O–H groups in total. The highest BCUT2D eigenvalue weighted by Gasteiger charge is 2.30. The number of carbonyl (C=O) groups excluding carboxylic acids is 1. The van der Waals surface area contributed by atoms with Gasteiger partial charge in [-0.3, -0.25) is 4.79 Å². The molecule has 5 nitrogen and oxygen atoms in total. The molecule has 0 heterocycles. The van der Waals surface area contributed by atoms with Crippen LogP contribution in [0.4, 0.5) is 4.79 Å². The fourth-order valence-corrected chi connectivity index (χ4v) is 2.72. The number of hydrogen-bond acceptors (Lipinski definition) is 2. The molecule has 110 valence electrons. The van der Waals surface area contributed by atoms with Crippen molar-refractivity contribution in [2.75, 3.05) is 20.1 Å². The van der Waals surface area contributed by atoms with Crippen molar-refractivity contribution in [1.29, 1.82) is 0 Å². The number of nitrogens with zero attached hydrogens (tertiary/aromatic N) is 1. The minimum atomic E-state index is -0.878. The molecule has 1 rings (SSSR count). The Morgan fingerprint density at radius 2 is 1.89 bits per heavy atom. The number of nitrogens with one attached hydrogen (secondary N) is 1. The molecule has 0 aromatic rings. The lowest BCUT2D eigenvalue weighted by Crippen LogP contribution is -2.44. The summed E-state index contributed by atoms with van der Waals surface area (Å²) in [6.45, 7) is 3.14. The minimum absolute atomic E-state index is 0.0111. The lowest BCUT2D eigenvalue weighted by molar-refractivity contribution is -0.137. The Labute approximate surface area is 115 Å². The van der Waals surface area contributed by atoms with Gasteiger partial charge in [0.2, 0.25) is 0 Å². The molecule has 1 aliphatic carbocycles. The molecule has 0 atom stereocenters. The topological polar surface area (TPSA) is 69.6 Å². The van der Waals surface area contributed by atoms with Crippen LogP contribution in [-0.4, -0.2) is 42.1 Å². The van der Waals surface area contributed by atoms with Gasteiger partial charge in [-0.05, 0) is 24.7 Å². The van der Waals surface area contributed by atoms with E-state index in [2.05, 4.69) is 12.2 Å². The normalized spacial score (nSPS) is 17.8. The second-order valence-electron chi connectivity index (χ2n) is 5.64. The first kappa shape index (κ1) is 15.8. The number of amides is 2. The van der Waals surface area contributed by atoms with Crippen molar-refractivity contribution in [3.63, 3.8) is 0 Å². The van der Waals surface area contributed by atoms with E-state index in [0.29, 0.717) is 6.54 Å². The summed E-state index contributed by atoms with van der Waals surface area (Å²) in [4.78, 5) is 23.8. The highest BCUT2D eigenvalue weighted by molar-refractivity contribution is 5.75. The molecule has 0 aromatic carbocycles. The standard InChI is InChI=1S/C14H26N2O3/c1-3-14(8-5-4-6-9-14)11-15-13(19)16(2)10-7-12(17)18/h3-11H2,1-2H3,(H,15,19)(H,17,18). The van der Waals surface area contributed by atoms with Crippen LogP contribution in [0.15, 0.2) is 0 Å². The van der Waals surface area contributed by atoms with Gasteiger partial charge in [-0.1, -0.05) is 26.2 Å². The Morgan fingerprint density at radius 3 is 2.42 bits per heavy atom. The molecule has 0 unspecified atom stereocenters. The Bertz CT molecular complexity index is 312. The molecule has 0 aromatic heterocycles. The van der Waals surface area contributed by atoms with Crippen LogP contribution in [0, 0.1) is 5.41 Å². The molecule has 2 amide bonds. The van der Waals surface area contributed by atoms with Crippen molar-refractivity contribution >= 4 is 12.0 Å². The van der Waals surface area contributed by atoms with Crippen LogP contribution in [0.3, 0.4) is 0 Å². The first-order chi connectivity index (χ1) is 8.99. The van der Waals surface area contributed by atoms with Crippen LogP contribution in [0.25, 0.3) is 0 Å². The number of urea groups is 1. The van der Waals surface area contributed by atoms with Crippen molar-refractivity contribution in [3.05, 3.63) is 0 Å². The highest BCUT2D eigenvalue weighted by atomic mass is 16.4. The largest absolute Gasteiger partial charge is 0.481 e. The summed E-state index contributed by atoms with van der Waals surface area (Å²) in [6, 6.07) is -0.167. The second-order valence-corrected chi connectivity index (χ2v) is 5.64. The van der Waals surface area contributed by atoms with Crippen molar-refractivity contribution in [2.24, 2.45) is 5.41 Å². The molecule has 1 aliphatic rings. The van der Waals surface area contributed by atoms with Gasteiger partial charge in [-0.15, -0.1) is 0 Å². The summed E-state index contributed by atoms with van der Waals surface area (Å²) >= 11 is 0. The second kappa shape index (κ2) is 7.36. The van der Waals surface area contributed by atoms with Crippen molar-refractivity contribution in [1.82, 2.24) is 10.2 Å². The molecule has 0 aliphatic heterocycles.